The molecule has 1 atom stereocenters. The standard InChI is InChI=1S/C9H10F3NO3/c10-9(11,12)7(16)13-4-8(2-1-3-8)5(13)6(14)15/h5H,1-4H2,(H,14,15). The summed E-state index contributed by atoms with van der Waals surface area (Å²) in [5.74, 6) is -3.39. The number of carboxylic acid groups (broad SMARTS) is 1. The molecule has 90 valence electrons. The molecule has 1 spiro atoms. The quantitative estimate of drug-likeness (QED) is 0.740. The molecule has 7 heteroatoms. The van der Waals surface area contributed by atoms with Crippen molar-refractivity contribution in [2.75, 3.05) is 6.54 Å². The van der Waals surface area contributed by atoms with Crippen molar-refractivity contribution < 1.29 is 27.9 Å². The minimum absolute atomic E-state index is 0.0810. The Balaban J connectivity index is 2.14. The molecule has 1 aliphatic carbocycles. The van der Waals surface area contributed by atoms with E-state index < -0.39 is 29.5 Å². The van der Waals surface area contributed by atoms with E-state index in [2.05, 4.69) is 0 Å². The van der Waals surface area contributed by atoms with E-state index in [0.717, 1.165) is 6.42 Å². The zero-order valence-electron chi connectivity index (χ0n) is 8.25. The van der Waals surface area contributed by atoms with Crippen molar-refractivity contribution in [3.8, 4) is 0 Å². The summed E-state index contributed by atoms with van der Waals surface area (Å²) >= 11 is 0. The van der Waals surface area contributed by atoms with Crippen LogP contribution in [0.15, 0.2) is 0 Å². The summed E-state index contributed by atoms with van der Waals surface area (Å²) in [5, 5.41) is 8.86. The molecule has 0 aromatic heterocycles. The van der Waals surface area contributed by atoms with E-state index in [9.17, 15) is 22.8 Å². The fourth-order valence-electron chi connectivity index (χ4n) is 2.54. The highest BCUT2D eigenvalue weighted by atomic mass is 19.4. The maximum Gasteiger partial charge on any atom is 0.471 e. The van der Waals surface area contributed by atoms with Gasteiger partial charge in [-0.15, -0.1) is 0 Å². The Kier molecular flexibility index (Phi) is 2.18. The smallest absolute Gasteiger partial charge is 0.471 e. The lowest BCUT2D eigenvalue weighted by Gasteiger charge is -2.60. The molecule has 2 rings (SSSR count). The number of alkyl halides is 3. The highest BCUT2D eigenvalue weighted by molar-refractivity contribution is 5.89. The van der Waals surface area contributed by atoms with Crippen LogP contribution in [-0.4, -0.2) is 40.6 Å². The molecule has 0 radical (unpaired) electrons. The topological polar surface area (TPSA) is 57.6 Å². The number of hydrogen-bond acceptors (Lipinski definition) is 2. The van der Waals surface area contributed by atoms with Crippen molar-refractivity contribution in [1.29, 1.82) is 0 Å². The van der Waals surface area contributed by atoms with Crippen LogP contribution >= 0.6 is 0 Å². The summed E-state index contributed by atoms with van der Waals surface area (Å²) < 4.78 is 36.4. The van der Waals surface area contributed by atoms with Gasteiger partial charge in [-0.2, -0.15) is 13.2 Å². The third-order valence-corrected chi connectivity index (χ3v) is 3.46. The predicted octanol–water partition coefficient (Wildman–Crippen LogP) is 1.01. The molecule has 1 heterocycles. The third-order valence-electron chi connectivity index (χ3n) is 3.46. The van der Waals surface area contributed by atoms with Crippen molar-refractivity contribution in [1.82, 2.24) is 4.90 Å². The summed E-state index contributed by atoms with van der Waals surface area (Å²) in [6.45, 7) is -0.0810. The van der Waals surface area contributed by atoms with Gasteiger partial charge >= 0.3 is 18.1 Å². The van der Waals surface area contributed by atoms with Crippen molar-refractivity contribution in [3.63, 3.8) is 0 Å². The van der Waals surface area contributed by atoms with E-state index in [1.54, 1.807) is 0 Å². The molecule has 2 fully saturated rings. The van der Waals surface area contributed by atoms with Gasteiger partial charge in [-0.1, -0.05) is 6.42 Å². The second-order valence-electron chi connectivity index (χ2n) is 4.39. The van der Waals surface area contributed by atoms with Gasteiger partial charge in [0.2, 0.25) is 0 Å². The van der Waals surface area contributed by atoms with Gasteiger partial charge in [0.25, 0.3) is 0 Å². The number of hydrogen-bond donors (Lipinski definition) is 1. The lowest BCUT2D eigenvalue weighted by atomic mass is 9.58. The number of aliphatic carboxylic acids is 1. The Morgan fingerprint density at radius 3 is 2.19 bits per heavy atom. The van der Waals surface area contributed by atoms with Crippen molar-refractivity contribution >= 4 is 11.9 Å². The number of carbonyl (C=O) groups excluding carboxylic acids is 1. The number of likely N-dealkylation sites (tertiary alicyclic amines) is 1. The van der Waals surface area contributed by atoms with E-state index in [-0.39, 0.29) is 6.54 Å². The van der Waals surface area contributed by atoms with E-state index in [0.29, 0.717) is 17.7 Å². The summed E-state index contributed by atoms with van der Waals surface area (Å²) in [7, 11) is 0. The van der Waals surface area contributed by atoms with Crippen LogP contribution in [0.1, 0.15) is 19.3 Å². The summed E-state index contributed by atoms with van der Waals surface area (Å²) in [6.07, 6.45) is -2.99. The average molecular weight is 237 g/mol. The maximum absolute atomic E-state index is 12.1. The zero-order chi connectivity index (χ0) is 12.1. The molecule has 0 aromatic carbocycles. The Morgan fingerprint density at radius 1 is 1.31 bits per heavy atom. The molecule has 1 N–H and O–H groups in total. The van der Waals surface area contributed by atoms with Crippen LogP contribution in [0.5, 0.6) is 0 Å². The SMILES string of the molecule is O=C(O)C1N(C(=O)C(F)(F)F)CC12CCC2. The van der Waals surface area contributed by atoms with Crippen LogP contribution in [0, 0.1) is 5.41 Å². The Bertz CT molecular complexity index is 348. The molecular formula is C9H10F3NO3. The van der Waals surface area contributed by atoms with Gasteiger partial charge in [0.05, 0.1) is 0 Å². The van der Waals surface area contributed by atoms with E-state index in [1.807, 2.05) is 0 Å². The maximum atomic E-state index is 12.1. The number of carbonyl (C=O) groups is 2. The zero-order valence-corrected chi connectivity index (χ0v) is 8.25. The van der Waals surface area contributed by atoms with Crippen LogP contribution in [-0.2, 0) is 9.59 Å². The van der Waals surface area contributed by atoms with Crippen LogP contribution in [0.25, 0.3) is 0 Å². The van der Waals surface area contributed by atoms with Crippen molar-refractivity contribution in [3.05, 3.63) is 0 Å². The van der Waals surface area contributed by atoms with E-state index in [1.165, 1.54) is 0 Å². The number of amides is 1. The van der Waals surface area contributed by atoms with Crippen molar-refractivity contribution in [2.24, 2.45) is 5.41 Å². The highest BCUT2D eigenvalue weighted by Gasteiger charge is 2.64. The lowest BCUT2D eigenvalue weighted by Crippen LogP contribution is -2.73. The summed E-state index contributed by atoms with van der Waals surface area (Å²) in [5.41, 5.74) is -0.591. The third kappa shape index (κ3) is 1.37. The Morgan fingerprint density at radius 2 is 1.88 bits per heavy atom. The second kappa shape index (κ2) is 3.11. The number of rotatable bonds is 1. The van der Waals surface area contributed by atoms with Gasteiger partial charge in [-0.05, 0) is 12.8 Å². The molecule has 1 aliphatic heterocycles. The summed E-state index contributed by atoms with van der Waals surface area (Å²) in [4.78, 5) is 22.2. The van der Waals surface area contributed by atoms with E-state index in [4.69, 9.17) is 5.11 Å². The first-order valence-corrected chi connectivity index (χ1v) is 4.88. The Hall–Kier alpha value is -1.27. The first-order chi connectivity index (χ1) is 7.28. The molecular weight excluding hydrogens is 227 g/mol. The number of nitrogens with zero attached hydrogens (tertiary/aromatic N) is 1. The molecule has 16 heavy (non-hydrogen) atoms. The minimum atomic E-state index is -4.99. The highest BCUT2D eigenvalue weighted by Crippen LogP contribution is 2.53. The van der Waals surface area contributed by atoms with Crippen LogP contribution in [0.2, 0.25) is 0 Å². The average Bonchev–Trinajstić information content (AvgIpc) is 1.95. The lowest BCUT2D eigenvalue weighted by molar-refractivity contribution is -0.216. The first kappa shape index (κ1) is 11.2. The number of halogens is 3. The Labute approximate surface area is 89.0 Å². The summed E-state index contributed by atoms with van der Waals surface area (Å²) in [6, 6.07) is -1.30. The van der Waals surface area contributed by atoms with Gasteiger partial charge in [0, 0.05) is 12.0 Å². The van der Waals surface area contributed by atoms with Crippen LogP contribution in [0.3, 0.4) is 0 Å². The molecule has 1 unspecified atom stereocenters. The molecule has 1 amide bonds. The largest absolute Gasteiger partial charge is 0.480 e. The fraction of sp³-hybridized carbons (Fsp3) is 0.778. The minimum Gasteiger partial charge on any atom is -0.480 e. The second-order valence-corrected chi connectivity index (χ2v) is 4.39. The molecule has 1 saturated carbocycles. The van der Waals surface area contributed by atoms with Gasteiger partial charge in [0.15, 0.2) is 0 Å². The van der Waals surface area contributed by atoms with Gasteiger partial charge in [0.1, 0.15) is 6.04 Å². The van der Waals surface area contributed by atoms with E-state index >= 15 is 0 Å². The predicted molar refractivity (Wildman–Crippen MR) is 45.5 cm³/mol. The molecule has 0 aromatic rings. The van der Waals surface area contributed by atoms with Gasteiger partial charge in [-0.25, -0.2) is 4.79 Å². The number of carboxylic acids is 1. The molecule has 4 nitrogen and oxygen atoms in total. The fourth-order valence-corrected chi connectivity index (χ4v) is 2.54. The molecule has 1 saturated heterocycles. The normalized spacial score (nSPS) is 27.2. The monoisotopic (exact) mass is 237 g/mol. The van der Waals surface area contributed by atoms with Crippen LogP contribution < -0.4 is 0 Å². The van der Waals surface area contributed by atoms with Crippen LogP contribution in [0.4, 0.5) is 13.2 Å². The van der Waals surface area contributed by atoms with Gasteiger partial charge in [-0.3, -0.25) is 4.79 Å². The van der Waals surface area contributed by atoms with Crippen molar-refractivity contribution in [2.45, 2.75) is 31.5 Å². The molecule has 2 aliphatic rings. The first-order valence-electron chi connectivity index (χ1n) is 4.88. The molecule has 0 bridgehead atoms. The van der Waals surface area contributed by atoms with Gasteiger partial charge < -0.3 is 10.0 Å².